The Morgan fingerprint density at radius 1 is 0.714 bits per heavy atom. The van der Waals surface area contributed by atoms with Crippen molar-refractivity contribution in [2.45, 2.75) is 110 Å². The zero-order valence-corrected chi connectivity index (χ0v) is 17.5. The molecule has 0 aromatic rings. The van der Waals surface area contributed by atoms with Crippen LogP contribution in [-0.2, 0) is 19.1 Å². The average Bonchev–Trinajstić information content (AvgIpc) is 2.64. The van der Waals surface area contributed by atoms with Crippen LogP contribution < -0.4 is 10.2 Å². The van der Waals surface area contributed by atoms with E-state index in [1.807, 2.05) is 0 Å². The molecular weight excluding hydrogens is 360 g/mol. The first-order chi connectivity index (χ1) is 13.5. The van der Waals surface area contributed by atoms with Gasteiger partial charge in [-0.05, 0) is 12.8 Å². The van der Waals surface area contributed by atoms with Gasteiger partial charge in [0.2, 0.25) is 0 Å². The molecule has 0 bridgehead atoms. The van der Waals surface area contributed by atoms with Crippen molar-refractivity contribution >= 4 is 17.9 Å². The van der Waals surface area contributed by atoms with E-state index < -0.39 is 36.9 Å². The van der Waals surface area contributed by atoms with Crippen molar-refractivity contribution in [3.63, 3.8) is 0 Å². The molecule has 0 aromatic carbocycles. The van der Waals surface area contributed by atoms with E-state index in [9.17, 15) is 24.6 Å². The molecule has 6 heteroatoms. The van der Waals surface area contributed by atoms with Crippen molar-refractivity contribution in [2.24, 2.45) is 5.92 Å². The standard InChI is InChI=1S/C22H40O6/c1-2-3-4-5-6-7-8-9-10-11-12-13-14-15-16-21(25)28-18-19(22(26)27)17-20(23)24/h19H,2-18H2,1H3,(H,23,24)(H,26,27)/p-2. The molecule has 0 heterocycles. The summed E-state index contributed by atoms with van der Waals surface area (Å²) in [5, 5.41) is 21.2. The minimum atomic E-state index is -1.55. The van der Waals surface area contributed by atoms with Crippen LogP contribution in [0.4, 0.5) is 0 Å². The molecule has 0 amide bonds. The van der Waals surface area contributed by atoms with Crippen LogP contribution in [0.2, 0.25) is 0 Å². The fourth-order valence-corrected chi connectivity index (χ4v) is 3.14. The lowest BCUT2D eigenvalue weighted by Gasteiger charge is -2.18. The third kappa shape index (κ3) is 17.8. The molecule has 1 unspecified atom stereocenters. The molecule has 164 valence electrons. The van der Waals surface area contributed by atoms with Crippen molar-refractivity contribution in [1.29, 1.82) is 0 Å². The number of hydrogen-bond acceptors (Lipinski definition) is 6. The number of esters is 1. The summed E-state index contributed by atoms with van der Waals surface area (Å²) in [6.07, 6.45) is 16.7. The number of carboxylic acids is 2. The Bertz CT molecular complexity index is 421. The summed E-state index contributed by atoms with van der Waals surface area (Å²) in [5.74, 6) is -4.90. The van der Waals surface area contributed by atoms with Crippen LogP contribution in [0.15, 0.2) is 0 Å². The van der Waals surface area contributed by atoms with Gasteiger partial charge in [-0.15, -0.1) is 0 Å². The average molecular weight is 399 g/mol. The van der Waals surface area contributed by atoms with E-state index in [1.54, 1.807) is 0 Å². The Kier molecular flexibility index (Phi) is 17.7. The topological polar surface area (TPSA) is 107 Å². The minimum absolute atomic E-state index is 0.225. The number of carbonyl (C=O) groups is 3. The number of rotatable bonds is 20. The van der Waals surface area contributed by atoms with Crippen LogP contribution >= 0.6 is 0 Å². The van der Waals surface area contributed by atoms with E-state index >= 15 is 0 Å². The zero-order chi connectivity index (χ0) is 21.0. The number of hydrogen-bond donors (Lipinski definition) is 0. The van der Waals surface area contributed by atoms with Gasteiger partial charge in [0.25, 0.3) is 0 Å². The Labute approximate surface area is 170 Å². The lowest BCUT2D eigenvalue weighted by molar-refractivity contribution is -0.321. The highest BCUT2D eigenvalue weighted by Gasteiger charge is 2.13. The van der Waals surface area contributed by atoms with Crippen molar-refractivity contribution < 1.29 is 29.3 Å². The molecule has 0 rings (SSSR count). The third-order valence-corrected chi connectivity index (χ3v) is 4.93. The first-order valence-electron chi connectivity index (χ1n) is 11.0. The molecule has 0 aromatic heterocycles. The van der Waals surface area contributed by atoms with Gasteiger partial charge in [0, 0.05) is 24.3 Å². The molecule has 0 fully saturated rings. The molecule has 6 nitrogen and oxygen atoms in total. The van der Waals surface area contributed by atoms with E-state index in [0.29, 0.717) is 6.42 Å². The fraction of sp³-hybridized carbons (Fsp3) is 0.864. The Morgan fingerprint density at radius 2 is 1.14 bits per heavy atom. The highest BCUT2D eigenvalue weighted by atomic mass is 16.5. The second-order valence-electron chi connectivity index (χ2n) is 7.62. The lowest BCUT2D eigenvalue weighted by atomic mass is 10.0. The summed E-state index contributed by atoms with van der Waals surface area (Å²) in [7, 11) is 0. The smallest absolute Gasteiger partial charge is 0.305 e. The Balaban J connectivity index is 3.42. The molecule has 0 aliphatic heterocycles. The molecule has 0 aliphatic rings. The SMILES string of the molecule is CCCCCCCCCCCCCCCCC(=O)OCC(CC(=O)[O-])C(=O)[O-]. The predicted molar refractivity (Wildman–Crippen MR) is 104 cm³/mol. The van der Waals surface area contributed by atoms with E-state index in [1.165, 1.54) is 70.6 Å². The van der Waals surface area contributed by atoms with Crippen LogP contribution in [0.1, 0.15) is 110 Å². The molecule has 0 radical (unpaired) electrons. The van der Waals surface area contributed by atoms with Gasteiger partial charge in [-0.3, -0.25) is 4.79 Å². The Hall–Kier alpha value is -1.59. The number of carbonyl (C=O) groups excluding carboxylic acids is 3. The monoisotopic (exact) mass is 398 g/mol. The van der Waals surface area contributed by atoms with Gasteiger partial charge < -0.3 is 24.5 Å². The van der Waals surface area contributed by atoms with Gasteiger partial charge in [0.15, 0.2) is 0 Å². The first kappa shape index (κ1) is 26.4. The normalized spacial score (nSPS) is 11.9. The molecule has 1 atom stereocenters. The molecule has 0 N–H and O–H groups in total. The summed E-state index contributed by atoms with van der Waals surface area (Å²) in [4.78, 5) is 32.8. The molecule has 0 saturated heterocycles. The predicted octanol–water partition coefficient (Wildman–Crippen LogP) is 2.91. The molecule has 0 saturated carbocycles. The quantitative estimate of drug-likeness (QED) is 0.230. The van der Waals surface area contributed by atoms with Crippen molar-refractivity contribution in [3.8, 4) is 0 Å². The van der Waals surface area contributed by atoms with Crippen LogP contribution in [0, 0.1) is 5.92 Å². The summed E-state index contributed by atoms with van der Waals surface area (Å²) in [6, 6.07) is 0. The van der Waals surface area contributed by atoms with Gasteiger partial charge >= 0.3 is 5.97 Å². The second-order valence-corrected chi connectivity index (χ2v) is 7.62. The number of ether oxygens (including phenoxy) is 1. The van der Waals surface area contributed by atoms with E-state index in [0.717, 1.165) is 12.8 Å². The van der Waals surface area contributed by atoms with E-state index in [2.05, 4.69) is 6.92 Å². The highest BCUT2D eigenvalue weighted by molar-refractivity contribution is 5.76. The van der Waals surface area contributed by atoms with Crippen LogP contribution in [0.25, 0.3) is 0 Å². The Morgan fingerprint density at radius 3 is 1.54 bits per heavy atom. The summed E-state index contributed by atoms with van der Waals surface area (Å²) in [6.45, 7) is 1.76. The summed E-state index contributed by atoms with van der Waals surface area (Å²) < 4.78 is 4.83. The van der Waals surface area contributed by atoms with E-state index in [4.69, 9.17) is 4.74 Å². The largest absolute Gasteiger partial charge is 0.550 e. The maximum absolute atomic E-state index is 11.6. The van der Waals surface area contributed by atoms with Gasteiger partial charge in [-0.2, -0.15) is 0 Å². The number of aliphatic carboxylic acids is 2. The van der Waals surface area contributed by atoms with Crippen molar-refractivity contribution in [3.05, 3.63) is 0 Å². The minimum Gasteiger partial charge on any atom is -0.550 e. The van der Waals surface area contributed by atoms with Gasteiger partial charge in [-0.1, -0.05) is 90.4 Å². The summed E-state index contributed by atoms with van der Waals surface area (Å²) in [5.41, 5.74) is 0. The van der Waals surface area contributed by atoms with E-state index in [-0.39, 0.29) is 6.42 Å². The fourth-order valence-electron chi connectivity index (χ4n) is 3.14. The van der Waals surface area contributed by atoms with Gasteiger partial charge in [0.05, 0.1) is 6.61 Å². The summed E-state index contributed by atoms with van der Waals surface area (Å²) >= 11 is 0. The number of unbranched alkanes of at least 4 members (excludes halogenated alkanes) is 13. The molecular formula is C22H38O6-2. The van der Waals surface area contributed by atoms with Gasteiger partial charge in [-0.25, -0.2) is 0 Å². The van der Waals surface area contributed by atoms with Crippen LogP contribution in [0.3, 0.4) is 0 Å². The van der Waals surface area contributed by atoms with Crippen LogP contribution in [0.5, 0.6) is 0 Å². The maximum Gasteiger partial charge on any atom is 0.305 e. The molecule has 0 spiro atoms. The second kappa shape index (κ2) is 18.8. The van der Waals surface area contributed by atoms with Gasteiger partial charge in [0.1, 0.15) is 0 Å². The third-order valence-electron chi connectivity index (χ3n) is 4.93. The molecule has 28 heavy (non-hydrogen) atoms. The molecule has 0 aliphatic carbocycles. The van der Waals surface area contributed by atoms with Crippen molar-refractivity contribution in [2.75, 3.05) is 6.61 Å². The number of carboxylic acid groups (broad SMARTS) is 2. The lowest BCUT2D eigenvalue weighted by Crippen LogP contribution is -2.39. The maximum atomic E-state index is 11.6. The first-order valence-corrected chi connectivity index (χ1v) is 11.0. The van der Waals surface area contributed by atoms with Crippen LogP contribution in [-0.4, -0.2) is 24.5 Å². The highest BCUT2D eigenvalue weighted by Crippen LogP contribution is 2.13. The zero-order valence-electron chi connectivity index (χ0n) is 17.5. The van der Waals surface area contributed by atoms with Crippen molar-refractivity contribution in [1.82, 2.24) is 0 Å².